The molecule has 1 aromatic rings. The van der Waals surface area contributed by atoms with Gasteiger partial charge in [0.15, 0.2) is 0 Å². The third kappa shape index (κ3) is 2.69. The average molecular weight is 219 g/mol. The number of rotatable bonds is 4. The molecule has 0 bridgehead atoms. The van der Waals surface area contributed by atoms with Crippen molar-refractivity contribution in [2.45, 2.75) is 45.6 Å². The number of anilines is 1. The maximum Gasteiger partial charge on any atom is 0.124 e. The Kier molecular flexibility index (Phi) is 3.70. The van der Waals surface area contributed by atoms with Crippen molar-refractivity contribution in [1.82, 2.24) is 0 Å². The summed E-state index contributed by atoms with van der Waals surface area (Å²) in [5, 5.41) is 3.59. The van der Waals surface area contributed by atoms with Crippen LogP contribution in [-0.2, 0) is 0 Å². The number of ether oxygens (including phenoxy) is 1. The van der Waals surface area contributed by atoms with Crippen LogP contribution < -0.4 is 10.1 Å². The fourth-order valence-electron chi connectivity index (χ4n) is 2.31. The molecule has 0 radical (unpaired) electrons. The standard InChI is InChI=1S/C14H21NO/c1-3-16-14-10-13(9-8-11(14)2)15-12-6-4-5-7-12/h8-10,12,15H,3-7H2,1-2H3. The summed E-state index contributed by atoms with van der Waals surface area (Å²) in [6.45, 7) is 4.84. The average Bonchev–Trinajstić information content (AvgIpc) is 2.76. The quantitative estimate of drug-likeness (QED) is 0.832. The van der Waals surface area contributed by atoms with E-state index < -0.39 is 0 Å². The number of hydrogen-bond acceptors (Lipinski definition) is 2. The van der Waals surface area contributed by atoms with E-state index in [1.165, 1.54) is 36.9 Å². The molecule has 0 saturated heterocycles. The zero-order chi connectivity index (χ0) is 11.4. The molecular formula is C14H21NO. The molecule has 88 valence electrons. The predicted molar refractivity (Wildman–Crippen MR) is 68.2 cm³/mol. The first-order valence-electron chi connectivity index (χ1n) is 6.29. The molecule has 0 atom stereocenters. The molecule has 2 heteroatoms. The maximum absolute atomic E-state index is 5.60. The van der Waals surface area contributed by atoms with Gasteiger partial charge in [0.1, 0.15) is 5.75 Å². The third-order valence-corrected chi connectivity index (χ3v) is 3.21. The van der Waals surface area contributed by atoms with Crippen LogP contribution in [0.3, 0.4) is 0 Å². The van der Waals surface area contributed by atoms with Crippen molar-refractivity contribution >= 4 is 5.69 Å². The molecule has 16 heavy (non-hydrogen) atoms. The van der Waals surface area contributed by atoms with Crippen LogP contribution in [0.1, 0.15) is 38.2 Å². The summed E-state index contributed by atoms with van der Waals surface area (Å²) in [5.74, 6) is 1.01. The van der Waals surface area contributed by atoms with Gasteiger partial charge in [0.25, 0.3) is 0 Å². The minimum absolute atomic E-state index is 0.664. The van der Waals surface area contributed by atoms with Crippen molar-refractivity contribution in [2.24, 2.45) is 0 Å². The Hall–Kier alpha value is -1.18. The Bertz CT molecular complexity index is 343. The lowest BCUT2D eigenvalue weighted by molar-refractivity contribution is 0.338. The second-order valence-corrected chi connectivity index (χ2v) is 4.54. The molecule has 1 aliphatic carbocycles. The van der Waals surface area contributed by atoms with Crippen LogP contribution in [0.5, 0.6) is 5.75 Å². The topological polar surface area (TPSA) is 21.3 Å². The smallest absolute Gasteiger partial charge is 0.124 e. The number of hydrogen-bond donors (Lipinski definition) is 1. The summed E-state index contributed by atoms with van der Waals surface area (Å²) in [7, 11) is 0. The van der Waals surface area contributed by atoms with Crippen molar-refractivity contribution in [3.8, 4) is 5.75 Å². The van der Waals surface area contributed by atoms with Crippen LogP contribution in [0.25, 0.3) is 0 Å². The summed E-state index contributed by atoms with van der Waals surface area (Å²) >= 11 is 0. The first-order chi connectivity index (χ1) is 7.79. The van der Waals surface area contributed by atoms with Crippen LogP contribution in [-0.4, -0.2) is 12.6 Å². The van der Waals surface area contributed by atoms with Gasteiger partial charge in [-0.05, 0) is 38.3 Å². The van der Waals surface area contributed by atoms with E-state index in [4.69, 9.17) is 4.74 Å². The van der Waals surface area contributed by atoms with E-state index in [0.717, 1.165) is 12.4 Å². The van der Waals surface area contributed by atoms with Gasteiger partial charge in [0, 0.05) is 17.8 Å². The first kappa shape index (κ1) is 11.3. The second-order valence-electron chi connectivity index (χ2n) is 4.54. The fourth-order valence-corrected chi connectivity index (χ4v) is 2.31. The molecule has 2 nitrogen and oxygen atoms in total. The van der Waals surface area contributed by atoms with E-state index in [9.17, 15) is 0 Å². The van der Waals surface area contributed by atoms with Crippen LogP contribution >= 0.6 is 0 Å². The molecule has 0 amide bonds. The van der Waals surface area contributed by atoms with Crippen molar-refractivity contribution in [2.75, 3.05) is 11.9 Å². The van der Waals surface area contributed by atoms with E-state index in [-0.39, 0.29) is 0 Å². The first-order valence-corrected chi connectivity index (χ1v) is 6.29. The summed E-state index contributed by atoms with van der Waals surface area (Å²) in [5.41, 5.74) is 2.40. The van der Waals surface area contributed by atoms with Crippen LogP contribution in [0.4, 0.5) is 5.69 Å². The Morgan fingerprint density at radius 3 is 2.75 bits per heavy atom. The number of benzene rings is 1. The summed E-state index contributed by atoms with van der Waals surface area (Å²) in [4.78, 5) is 0. The highest BCUT2D eigenvalue weighted by Gasteiger charge is 2.14. The molecule has 1 aliphatic rings. The van der Waals surface area contributed by atoms with Gasteiger partial charge >= 0.3 is 0 Å². The van der Waals surface area contributed by atoms with E-state index in [2.05, 4.69) is 30.4 Å². The van der Waals surface area contributed by atoms with E-state index in [1.54, 1.807) is 0 Å². The summed E-state index contributed by atoms with van der Waals surface area (Å²) in [6.07, 6.45) is 5.33. The number of aryl methyl sites for hydroxylation is 1. The molecule has 2 rings (SSSR count). The lowest BCUT2D eigenvalue weighted by atomic mass is 10.1. The lowest BCUT2D eigenvalue weighted by Gasteiger charge is -2.15. The van der Waals surface area contributed by atoms with Crippen molar-refractivity contribution in [3.63, 3.8) is 0 Å². The highest BCUT2D eigenvalue weighted by Crippen LogP contribution is 2.26. The molecule has 0 heterocycles. The Morgan fingerprint density at radius 2 is 2.06 bits per heavy atom. The summed E-state index contributed by atoms with van der Waals surface area (Å²) in [6, 6.07) is 7.06. The zero-order valence-electron chi connectivity index (χ0n) is 10.3. The molecular weight excluding hydrogens is 198 g/mol. The van der Waals surface area contributed by atoms with Gasteiger partial charge in [0.05, 0.1) is 6.61 Å². The molecule has 1 saturated carbocycles. The molecule has 0 aromatic heterocycles. The Labute approximate surface area is 98.0 Å². The van der Waals surface area contributed by atoms with Gasteiger partial charge in [-0.3, -0.25) is 0 Å². The van der Waals surface area contributed by atoms with Crippen LogP contribution in [0.15, 0.2) is 18.2 Å². The largest absolute Gasteiger partial charge is 0.494 e. The lowest BCUT2D eigenvalue weighted by Crippen LogP contribution is -2.14. The van der Waals surface area contributed by atoms with Crippen molar-refractivity contribution in [3.05, 3.63) is 23.8 Å². The van der Waals surface area contributed by atoms with Crippen molar-refractivity contribution < 1.29 is 4.74 Å². The van der Waals surface area contributed by atoms with Crippen molar-refractivity contribution in [1.29, 1.82) is 0 Å². The molecule has 0 spiro atoms. The van der Waals surface area contributed by atoms with Gasteiger partial charge in [-0.25, -0.2) is 0 Å². The monoisotopic (exact) mass is 219 g/mol. The Balaban J connectivity index is 2.05. The highest BCUT2D eigenvalue weighted by molar-refractivity contribution is 5.52. The normalized spacial score (nSPS) is 16.4. The van der Waals surface area contributed by atoms with Gasteiger partial charge in [-0.2, -0.15) is 0 Å². The zero-order valence-corrected chi connectivity index (χ0v) is 10.3. The minimum atomic E-state index is 0.664. The number of nitrogens with one attached hydrogen (secondary N) is 1. The SMILES string of the molecule is CCOc1cc(NC2CCCC2)ccc1C. The van der Waals surface area contributed by atoms with E-state index in [1.807, 2.05) is 6.92 Å². The van der Waals surface area contributed by atoms with Crippen LogP contribution in [0, 0.1) is 6.92 Å². The van der Waals surface area contributed by atoms with Gasteiger partial charge in [0.2, 0.25) is 0 Å². The van der Waals surface area contributed by atoms with Gasteiger partial charge in [-0.1, -0.05) is 18.9 Å². The molecule has 1 aromatic carbocycles. The van der Waals surface area contributed by atoms with Crippen LogP contribution in [0.2, 0.25) is 0 Å². The Morgan fingerprint density at radius 1 is 1.31 bits per heavy atom. The highest BCUT2D eigenvalue weighted by atomic mass is 16.5. The molecule has 0 aliphatic heterocycles. The maximum atomic E-state index is 5.60. The third-order valence-electron chi connectivity index (χ3n) is 3.21. The van der Waals surface area contributed by atoms with Gasteiger partial charge in [-0.15, -0.1) is 0 Å². The second kappa shape index (κ2) is 5.24. The van der Waals surface area contributed by atoms with E-state index in [0.29, 0.717) is 6.04 Å². The predicted octanol–water partition coefficient (Wildman–Crippen LogP) is 3.75. The fraction of sp³-hybridized carbons (Fsp3) is 0.571. The van der Waals surface area contributed by atoms with E-state index >= 15 is 0 Å². The molecule has 0 unspecified atom stereocenters. The molecule has 1 N–H and O–H groups in total. The molecule has 1 fully saturated rings. The minimum Gasteiger partial charge on any atom is -0.494 e. The van der Waals surface area contributed by atoms with Gasteiger partial charge < -0.3 is 10.1 Å². The summed E-state index contributed by atoms with van der Waals surface area (Å²) < 4.78 is 5.60.